The molecular formula is C12H10BrN3O3. The van der Waals surface area contributed by atoms with E-state index in [4.69, 9.17) is 5.11 Å². The molecule has 19 heavy (non-hydrogen) atoms. The zero-order valence-electron chi connectivity index (χ0n) is 9.68. The molecule has 7 heteroatoms. The van der Waals surface area contributed by atoms with Gasteiger partial charge >= 0.3 is 5.97 Å². The number of hydrogen-bond donors (Lipinski definition) is 3. The van der Waals surface area contributed by atoms with Crippen molar-refractivity contribution in [1.82, 2.24) is 10.6 Å². The summed E-state index contributed by atoms with van der Waals surface area (Å²) >= 11 is 3.32. The van der Waals surface area contributed by atoms with E-state index in [-0.39, 0.29) is 11.9 Å². The summed E-state index contributed by atoms with van der Waals surface area (Å²) in [6.45, 7) is -0.395. The van der Waals surface area contributed by atoms with E-state index in [0.29, 0.717) is 5.70 Å². The minimum Gasteiger partial charge on any atom is -0.480 e. The summed E-state index contributed by atoms with van der Waals surface area (Å²) < 4.78 is 0.946. The lowest BCUT2D eigenvalue weighted by Gasteiger charge is -1.97. The van der Waals surface area contributed by atoms with Crippen molar-refractivity contribution in [1.29, 1.82) is 0 Å². The van der Waals surface area contributed by atoms with Crippen molar-refractivity contribution in [3.8, 4) is 0 Å². The van der Waals surface area contributed by atoms with Gasteiger partial charge in [-0.25, -0.2) is 4.99 Å². The summed E-state index contributed by atoms with van der Waals surface area (Å²) in [4.78, 5) is 25.7. The number of rotatable bonds is 3. The molecule has 2 rings (SSSR count). The molecule has 0 aromatic heterocycles. The van der Waals surface area contributed by atoms with Crippen LogP contribution in [-0.4, -0.2) is 29.5 Å². The van der Waals surface area contributed by atoms with E-state index in [0.717, 1.165) is 10.0 Å². The minimum absolute atomic E-state index is 0.149. The quantitative estimate of drug-likeness (QED) is 0.722. The first-order chi connectivity index (χ1) is 9.04. The summed E-state index contributed by atoms with van der Waals surface area (Å²) in [6, 6.07) is 7.41. The Labute approximate surface area is 117 Å². The molecule has 1 fully saturated rings. The Morgan fingerprint density at radius 3 is 2.63 bits per heavy atom. The lowest BCUT2D eigenvalue weighted by Crippen LogP contribution is -2.26. The zero-order chi connectivity index (χ0) is 13.8. The molecule has 1 aromatic carbocycles. The van der Waals surface area contributed by atoms with Crippen molar-refractivity contribution in [2.75, 3.05) is 6.54 Å². The van der Waals surface area contributed by atoms with Crippen LogP contribution in [0.15, 0.2) is 39.4 Å². The normalized spacial score (nSPS) is 18.5. The monoisotopic (exact) mass is 323 g/mol. The van der Waals surface area contributed by atoms with Gasteiger partial charge in [0.2, 0.25) is 5.96 Å². The Balaban J connectivity index is 2.13. The standard InChI is InChI=1S/C12H10BrN3O3/c13-8-3-1-7(2-4-8)5-9-11(19)16-12(15-9)14-6-10(17)18/h1-5H,6H2,(H,17,18)(H2,14,15,16,19)/b9-5-. The second kappa shape index (κ2) is 5.66. The van der Waals surface area contributed by atoms with Crippen LogP contribution in [-0.2, 0) is 9.59 Å². The summed E-state index contributed by atoms with van der Waals surface area (Å²) in [6.07, 6.45) is 1.66. The van der Waals surface area contributed by atoms with Crippen LogP contribution in [0.2, 0.25) is 0 Å². The van der Waals surface area contributed by atoms with Gasteiger partial charge in [-0.1, -0.05) is 28.1 Å². The van der Waals surface area contributed by atoms with Gasteiger partial charge in [0.05, 0.1) is 0 Å². The molecule has 0 radical (unpaired) electrons. The molecule has 1 aromatic rings. The van der Waals surface area contributed by atoms with Gasteiger partial charge in [-0.2, -0.15) is 0 Å². The molecule has 0 spiro atoms. The van der Waals surface area contributed by atoms with Crippen molar-refractivity contribution in [2.45, 2.75) is 0 Å². The predicted molar refractivity (Wildman–Crippen MR) is 73.3 cm³/mol. The molecule has 0 unspecified atom stereocenters. The molecular weight excluding hydrogens is 314 g/mol. The third-order valence-electron chi connectivity index (χ3n) is 2.28. The smallest absolute Gasteiger partial charge is 0.325 e. The van der Waals surface area contributed by atoms with Gasteiger partial charge in [0.15, 0.2) is 0 Å². The lowest BCUT2D eigenvalue weighted by atomic mass is 10.2. The van der Waals surface area contributed by atoms with Crippen molar-refractivity contribution >= 4 is 39.8 Å². The van der Waals surface area contributed by atoms with E-state index >= 15 is 0 Å². The highest BCUT2D eigenvalue weighted by Gasteiger charge is 2.21. The van der Waals surface area contributed by atoms with Crippen molar-refractivity contribution in [3.05, 3.63) is 40.0 Å². The summed E-state index contributed by atoms with van der Waals surface area (Å²) in [7, 11) is 0. The second-order valence-corrected chi connectivity index (χ2v) is 4.66. The summed E-state index contributed by atoms with van der Waals surface area (Å²) in [5, 5.41) is 13.7. The molecule has 0 atom stereocenters. The Hall–Kier alpha value is -2.15. The highest BCUT2D eigenvalue weighted by molar-refractivity contribution is 9.10. The van der Waals surface area contributed by atoms with E-state index < -0.39 is 12.5 Å². The average molecular weight is 324 g/mol. The Bertz CT molecular complexity index is 578. The van der Waals surface area contributed by atoms with Gasteiger partial charge in [-0.3, -0.25) is 14.9 Å². The van der Waals surface area contributed by atoms with Crippen LogP contribution >= 0.6 is 15.9 Å². The first-order valence-electron chi connectivity index (χ1n) is 5.36. The van der Waals surface area contributed by atoms with Crippen molar-refractivity contribution in [2.24, 2.45) is 4.99 Å². The van der Waals surface area contributed by atoms with Crippen LogP contribution in [0.4, 0.5) is 0 Å². The maximum absolute atomic E-state index is 11.6. The number of hydrogen-bond acceptors (Lipinski definition) is 3. The predicted octanol–water partition coefficient (Wildman–Crippen LogP) is 0.950. The van der Waals surface area contributed by atoms with Crippen LogP contribution in [0.3, 0.4) is 0 Å². The number of aliphatic imine (C=N–C) groups is 1. The average Bonchev–Trinajstić information content (AvgIpc) is 2.71. The van der Waals surface area contributed by atoms with E-state index in [1.807, 2.05) is 24.3 Å². The fraction of sp³-hybridized carbons (Fsp3) is 0.0833. The van der Waals surface area contributed by atoms with E-state index in [1.165, 1.54) is 0 Å². The molecule has 0 saturated carbocycles. The largest absolute Gasteiger partial charge is 0.480 e. The molecule has 1 saturated heterocycles. The second-order valence-electron chi connectivity index (χ2n) is 3.75. The van der Waals surface area contributed by atoms with E-state index in [9.17, 15) is 9.59 Å². The maximum atomic E-state index is 11.6. The highest BCUT2D eigenvalue weighted by Crippen LogP contribution is 2.13. The lowest BCUT2D eigenvalue weighted by molar-refractivity contribution is -0.135. The Morgan fingerprint density at radius 1 is 1.32 bits per heavy atom. The Kier molecular flexibility index (Phi) is 3.96. The SMILES string of the molecule is O=C(O)CN=C1NC(=O)/C(=C/c2ccc(Br)cc2)N1. The molecule has 98 valence electrons. The number of nitrogens with one attached hydrogen (secondary N) is 2. The van der Waals surface area contributed by atoms with Gasteiger partial charge in [-0.15, -0.1) is 0 Å². The molecule has 6 nitrogen and oxygen atoms in total. The third kappa shape index (κ3) is 3.65. The van der Waals surface area contributed by atoms with Crippen molar-refractivity contribution in [3.63, 3.8) is 0 Å². The number of amides is 1. The van der Waals surface area contributed by atoms with E-state index in [2.05, 4.69) is 31.6 Å². The molecule has 3 N–H and O–H groups in total. The molecule has 1 aliphatic rings. The minimum atomic E-state index is -1.06. The number of carboxylic acid groups (broad SMARTS) is 1. The van der Waals surface area contributed by atoms with Gasteiger partial charge in [-0.05, 0) is 23.8 Å². The number of aliphatic carboxylic acids is 1. The van der Waals surface area contributed by atoms with E-state index in [1.54, 1.807) is 6.08 Å². The molecule has 1 amide bonds. The molecule has 1 heterocycles. The fourth-order valence-electron chi connectivity index (χ4n) is 1.44. The summed E-state index contributed by atoms with van der Waals surface area (Å²) in [5.74, 6) is -1.25. The van der Waals surface area contributed by atoms with Gasteiger partial charge in [0.1, 0.15) is 12.2 Å². The number of benzene rings is 1. The number of carbonyl (C=O) groups excluding carboxylic acids is 1. The first kappa shape index (κ1) is 13.3. The fourth-order valence-corrected chi connectivity index (χ4v) is 1.71. The van der Waals surface area contributed by atoms with Crippen LogP contribution in [0.25, 0.3) is 6.08 Å². The molecule has 0 aliphatic carbocycles. The van der Waals surface area contributed by atoms with Crippen molar-refractivity contribution < 1.29 is 14.7 Å². The van der Waals surface area contributed by atoms with Gasteiger partial charge < -0.3 is 10.4 Å². The first-order valence-corrected chi connectivity index (χ1v) is 6.16. The number of nitrogens with zero attached hydrogens (tertiary/aromatic N) is 1. The third-order valence-corrected chi connectivity index (χ3v) is 2.81. The van der Waals surface area contributed by atoms with Crippen LogP contribution in [0, 0.1) is 0 Å². The number of carbonyl (C=O) groups is 2. The van der Waals surface area contributed by atoms with Crippen LogP contribution in [0.1, 0.15) is 5.56 Å². The number of carboxylic acids is 1. The number of guanidine groups is 1. The highest BCUT2D eigenvalue weighted by atomic mass is 79.9. The van der Waals surface area contributed by atoms with Gasteiger partial charge in [0, 0.05) is 4.47 Å². The maximum Gasteiger partial charge on any atom is 0.325 e. The molecule has 0 bridgehead atoms. The van der Waals surface area contributed by atoms with Gasteiger partial charge in [0.25, 0.3) is 5.91 Å². The summed E-state index contributed by atoms with van der Waals surface area (Å²) in [5.41, 5.74) is 1.17. The topological polar surface area (TPSA) is 90.8 Å². The Morgan fingerprint density at radius 2 is 2.00 bits per heavy atom. The zero-order valence-corrected chi connectivity index (χ0v) is 11.3. The number of halogens is 1. The molecule has 1 aliphatic heterocycles. The van der Waals surface area contributed by atoms with Crippen LogP contribution in [0.5, 0.6) is 0 Å². The van der Waals surface area contributed by atoms with Crippen LogP contribution < -0.4 is 10.6 Å².